The van der Waals surface area contributed by atoms with Crippen LogP contribution in [0.3, 0.4) is 0 Å². The number of rotatable bonds is 4. The molecule has 0 aromatic rings. The van der Waals surface area contributed by atoms with E-state index in [4.69, 9.17) is 10.5 Å². The first-order valence-corrected chi connectivity index (χ1v) is 9.57. The van der Waals surface area contributed by atoms with Crippen LogP contribution in [-0.4, -0.2) is 109 Å². The SMILES string of the molecule is CC(=O)N1C2N([C@@H]3O[C@H](CO)C(O)C3O)C(C(F)(F)F)=NC2(C(C)=O)C(=O)NC1(N)C(C)=O. The van der Waals surface area contributed by atoms with Crippen LogP contribution in [0.4, 0.5) is 13.2 Å². The number of aliphatic hydroxyl groups excluding tert-OH is 3. The average Bonchev–Trinajstić information content (AvgIpc) is 3.18. The fourth-order valence-electron chi connectivity index (χ4n) is 4.28. The smallest absolute Gasteiger partial charge is 0.394 e. The Kier molecular flexibility index (Phi) is 5.82. The molecule has 33 heavy (non-hydrogen) atoms. The minimum absolute atomic E-state index is 0.121. The molecule has 16 heteroatoms. The Balaban J connectivity index is 2.34. The van der Waals surface area contributed by atoms with E-state index in [-0.39, 0.29) is 4.90 Å². The van der Waals surface area contributed by atoms with E-state index in [2.05, 4.69) is 4.99 Å². The number of alkyl halides is 3. The van der Waals surface area contributed by atoms with E-state index in [0.29, 0.717) is 4.90 Å². The van der Waals surface area contributed by atoms with Crippen LogP contribution in [0.2, 0.25) is 0 Å². The standard InChI is InChI=1S/C17H22F3N5O8/c1-5(27)15-13(32)23-17(21,6(2)28)25(7(3)29)14(15)24(12(22-15)16(18,19)20)11-10(31)9(30)8(4-26)33-11/h8-11,14,26,30-31H,4,21H2,1-3H3,(H,23,32)/t8-,9?,10?,11-,14?,15?,17?/m1/s1. The topological polar surface area (TPSA) is 195 Å². The number of aliphatic hydroxyl groups is 3. The molecular formula is C17H22F3N5O8. The van der Waals surface area contributed by atoms with Gasteiger partial charge in [-0.3, -0.25) is 29.8 Å². The van der Waals surface area contributed by atoms with Gasteiger partial charge in [0.25, 0.3) is 5.91 Å². The Labute approximate surface area is 184 Å². The third-order valence-corrected chi connectivity index (χ3v) is 5.90. The molecule has 0 spiro atoms. The number of carbonyl (C=O) groups excluding carboxylic acids is 4. The zero-order valence-electron chi connectivity index (χ0n) is 17.5. The second kappa shape index (κ2) is 7.69. The zero-order valence-corrected chi connectivity index (χ0v) is 17.5. The van der Waals surface area contributed by atoms with Gasteiger partial charge in [0.15, 0.2) is 24.0 Å². The van der Waals surface area contributed by atoms with E-state index < -0.39 is 84.0 Å². The average molecular weight is 481 g/mol. The molecule has 184 valence electrons. The Bertz CT molecular complexity index is 944. The number of nitrogens with two attached hydrogens (primary N) is 1. The summed E-state index contributed by atoms with van der Waals surface area (Å²) in [4.78, 5) is 54.4. The molecule has 7 atom stereocenters. The van der Waals surface area contributed by atoms with E-state index in [9.17, 15) is 47.7 Å². The first kappa shape index (κ1) is 25.0. The van der Waals surface area contributed by atoms with E-state index in [0.717, 1.165) is 20.8 Å². The van der Waals surface area contributed by atoms with E-state index in [1.54, 1.807) is 0 Å². The van der Waals surface area contributed by atoms with Crippen LogP contribution in [0.1, 0.15) is 20.8 Å². The second-order valence-electron chi connectivity index (χ2n) is 7.93. The lowest BCUT2D eigenvalue weighted by atomic mass is 9.85. The number of fused-ring (bicyclic) bond motifs is 1. The summed E-state index contributed by atoms with van der Waals surface area (Å²) in [5.74, 6) is -9.50. The summed E-state index contributed by atoms with van der Waals surface area (Å²) in [5, 5.41) is 31.7. The Hall–Kier alpha value is -2.66. The maximum atomic E-state index is 14.1. The molecule has 0 bridgehead atoms. The highest BCUT2D eigenvalue weighted by atomic mass is 19.4. The zero-order chi connectivity index (χ0) is 25.3. The third kappa shape index (κ3) is 3.31. The molecule has 5 unspecified atom stereocenters. The molecule has 6 N–H and O–H groups in total. The molecule has 0 aromatic carbocycles. The maximum Gasteiger partial charge on any atom is 0.449 e. The number of nitrogens with one attached hydrogen (secondary N) is 1. The number of aliphatic imine (C=N–C) groups is 1. The van der Waals surface area contributed by atoms with Gasteiger partial charge in [-0.15, -0.1) is 0 Å². The number of carbonyl (C=O) groups is 4. The number of Topliss-reactive ketones (excluding diaryl/α,β-unsaturated/α-hetero) is 2. The first-order valence-electron chi connectivity index (χ1n) is 9.57. The number of amidine groups is 1. The minimum atomic E-state index is -5.36. The quantitative estimate of drug-likeness (QED) is 0.252. The van der Waals surface area contributed by atoms with Crippen LogP contribution >= 0.6 is 0 Å². The molecule has 0 saturated carbocycles. The summed E-state index contributed by atoms with van der Waals surface area (Å²) in [6.07, 6.45) is -15.4. The van der Waals surface area contributed by atoms with Crippen molar-refractivity contribution in [1.29, 1.82) is 0 Å². The molecule has 2 saturated heterocycles. The lowest BCUT2D eigenvalue weighted by Gasteiger charge is -2.53. The molecule has 0 radical (unpaired) electrons. The monoisotopic (exact) mass is 481 g/mol. The number of hydrogen-bond acceptors (Lipinski definition) is 11. The number of ketones is 2. The van der Waals surface area contributed by atoms with Gasteiger partial charge in [0.05, 0.1) is 6.61 Å². The van der Waals surface area contributed by atoms with E-state index >= 15 is 0 Å². The van der Waals surface area contributed by atoms with Crippen molar-refractivity contribution in [3.63, 3.8) is 0 Å². The van der Waals surface area contributed by atoms with Crippen molar-refractivity contribution < 1.29 is 52.4 Å². The molecule has 2 fully saturated rings. The highest BCUT2D eigenvalue weighted by molar-refractivity contribution is 6.17. The predicted octanol–water partition coefficient (Wildman–Crippen LogP) is -3.46. The summed E-state index contributed by atoms with van der Waals surface area (Å²) < 4.78 is 47.4. The molecule has 3 aliphatic heterocycles. The van der Waals surface area contributed by atoms with Gasteiger partial charge < -0.3 is 30.3 Å². The molecule has 3 heterocycles. The molecule has 0 aromatic heterocycles. The summed E-state index contributed by atoms with van der Waals surface area (Å²) in [5.41, 5.74) is 3.00. The molecule has 0 aliphatic carbocycles. The number of ether oxygens (including phenoxy) is 1. The number of nitrogens with zero attached hydrogens (tertiary/aromatic N) is 3. The normalized spacial score (nSPS) is 38.7. The van der Waals surface area contributed by atoms with Crippen molar-refractivity contribution in [2.75, 3.05) is 6.61 Å². The summed E-state index contributed by atoms with van der Waals surface area (Å²) in [7, 11) is 0. The van der Waals surface area contributed by atoms with Crippen molar-refractivity contribution >= 4 is 29.2 Å². The van der Waals surface area contributed by atoms with Crippen molar-refractivity contribution in [3.8, 4) is 0 Å². The first-order chi connectivity index (χ1) is 15.1. The van der Waals surface area contributed by atoms with Gasteiger partial charge in [0.1, 0.15) is 18.3 Å². The molecule has 3 rings (SSSR count). The lowest BCUT2D eigenvalue weighted by Crippen LogP contribution is -2.86. The largest absolute Gasteiger partial charge is 0.449 e. The summed E-state index contributed by atoms with van der Waals surface area (Å²) in [6, 6.07) is 0. The van der Waals surface area contributed by atoms with Crippen LogP contribution in [0, 0.1) is 0 Å². The third-order valence-electron chi connectivity index (χ3n) is 5.90. The Morgan fingerprint density at radius 2 is 1.76 bits per heavy atom. The minimum Gasteiger partial charge on any atom is -0.394 e. The fraction of sp³-hybridized carbons (Fsp3) is 0.706. The van der Waals surface area contributed by atoms with Gasteiger partial charge in [-0.25, -0.2) is 4.99 Å². The number of halogens is 3. The number of hydrogen-bond donors (Lipinski definition) is 5. The predicted molar refractivity (Wildman–Crippen MR) is 98.6 cm³/mol. The molecular weight excluding hydrogens is 459 g/mol. The van der Waals surface area contributed by atoms with Gasteiger partial charge in [-0.2, -0.15) is 13.2 Å². The van der Waals surface area contributed by atoms with Gasteiger partial charge in [0.2, 0.25) is 23.1 Å². The highest BCUT2D eigenvalue weighted by Gasteiger charge is 2.73. The second-order valence-corrected chi connectivity index (χ2v) is 7.93. The fourth-order valence-corrected chi connectivity index (χ4v) is 4.28. The lowest BCUT2D eigenvalue weighted by molar-refractivity contribution is -0.187. The van der Waals surface area contributed by atoms with E-state index in [1.807, 2.05) is 5.32 Å². The van der Waals surface area contributed by atoms with Crippen LogP contribution in [-0.2, 0) is 23.9 Å². The Morgan fingerprint density at radius 3 is 2.15 bits per heavy atom. The summed E-state index contributed by atoms with van der Waals surface area (Å²) in [6.45, 7) is 1.53. The van der Waals surface area contributed by atoms with Crippen molar-refractivity contribution in [1.82, 2.24) is 15.1 Å². The van der Waals surface area contributed by atoms with Gasteiger partial charge in [-0.1, -0.05) is 0 Å². The maximum absolute atomic E-state index is 14.1. The van der Waals surface area contributed by atoms with Gasteiger partial charge in [-0.05, 0) is 6.92 Å². The number of amides is 2. The van der Waals surface area contributed by atoms with Gasteiger partial charge in [0, 0.05) is 13.8 Å². The van der Waals surface area contributed by atoms with Crippen LogP contribution < -0.4 is 11.1 Å². The molecule has 2 amide bonds. The van der Waals surface area contributed by atoms with Crippen LogP contribution in [0.15, 0.2) is 4.99 Å². The Morgan fingerprint density at radius 1 is 1.18 bits per heavy atom. The van der Waals surface area contributed by atoms with Crippen LogP contribution in [0.5, 0.6) is 0 Å². The van der Waals surface area contributed by atoms with Crippen molar-refractivity contribution in [2.45, 2.75) is 69.0 Å². The highest BCUT2D eigenvalue weighted by Crippen LogP contribution is 2.45. The molecule has 13 nitrogen and oxygen atoms in total. The van der Waals surface area contributed by atoms with Crippen LogP contribution in [0.25, 0.3) is 0 Å². The summed E-state index contributed by atoms with van der Waals surface area (Å²) >= 11 is 0. The molecule has 3 aliphatic rings. The van der Waals surface area contributed by atoms with Crippen molar-refractivity contribution in [2.24, 2.45) is 10.7 Å². The van der Waals surface area contributed by atoms with Crippen molar-refractivity contribution in [3.05, 3.63) is 0 Å². The van der Waals surface area contributed by atoms with Gasteiger partial charge >= 0.3 is 6.18 Å². The van der Waals surface area contributed by atoms with E-state index in [1.165, 1.54) is 0 Å².